The van der Waals surface area contributed by atoms with Crippen LogP contribution >= 0.6 is 11.3 Å². The molecule has 30 heavy (non-hydrogen) atoms. The molecule has 1 amide bonds. The highest BCUT2D eigenvalue weighted by Crippen LogP contribution is 2.29. The van der Waals surface area contributed by atoms with E-state index in [4.69, 9.17) is 14.2 Å². The predicted molar refractivity (Wildman–Crippen MR) is 119 cm³/mol. The Bertz CT molecular complexity index is 1040. The second-order valence-electron chi connectivity index (χ2n) is 6.62. The Balaban J connectivity index is 1.79. The summed E-state index contributed by atoms with van der Waals surface area (Å²) in [5, 5.41) is 3.79. The lowest BCUT2D eigenvalue weighted by Crippen LogP contribution is -2.12. The van der Waals surface area contributed by atoms with E-state index in [0.717, 1.165) is 27.8 Å². The average Bonchev–Trinajstić information content (AvgIpc) is 3.18. The first-order valence-corrected chi connectivity index (χ1v) is 10.6. The van der Waals surface area contributed by atoms with Gasteiger partial charge in [0.2, 0.25) is 0 Å². The number of nitrogens with one attached hydrogen (secondary N) is 1. The maximum atomic E-state index is 12.8. The van der Waals surface area contributed by atoms with Gasteiger partial charge in [0, 0.05) is 28.1 Å². The molecule has 0 saturated heterocycles. The van der Waals surface area contributed by atoms with Gasteiger partial charge in [0.25, 0.3) is 5.91 Å². The molecule has 0 atom stereocenters. The zero-order chi connectivity index (χ0) is 21.5. The van der Waals surface area contributed by atoms with Gasteiger partial charge in [-0.25, -0.2) is 4.79 Å². The van der Waals surface area contributed by atoms with Gasteiger partial charge in [-0.15, -0.1) is 11.3 Å². The van der Waals surface area contributed by atoms with Crippen LogP contribution in [0.2, 0.25) is 0 Å². The van der Waals surface area contributed by atoms with Crippen LogP contribution in [0.4, 0.5) is 5.69 Å². The van der Waals surface area contributed by atoms with Crippen LogP contribution < -0.4 is 10.1 Å². The van der Waals surface area contributed by atoms with Crippen LogP contribution in [0.1, 0.15) is 45.9 Å². The van der Waals surface area contributed by atoms with Gasteiger partial charge >= 0.3 is 5.97 Å². The molecule has 2 aromatic carbocycles. The smallest absolute Gasteiger partial charge is 0.348 e. The molecule has 0 spiro atoms. The number of methoxy groups -OCH3 is 1. The third kappa shape index (κ3) is 5.17. The number of anilines is 1. The number of benzene rings is 2. The van der Waals surface area contributed by atoms with Crippen molar-refractivity contribution < 1.29 is 23.8 Å². The van der Waals surface area contributed by atoms with Crippen LogP contribution in [-0.4, -0.2) is 32.2 Å². The van der Waals surface area contributed by atoms with Gasteiger partial charge in [-0.2, -0.15) is 0 Å². The molecular formula is C23H25NO5S. The molecule has 0 aliphatic heterocycles. The summed E-state index contributed by atoms with van der Waals surface area (Å²) in [5.41, 5.74) is 2.02. The number of hydrogen-bond acceptors (Lipinski definition) is 6. The van der Waals surface area contributed by atoms with Crippen molar-refractivity contribution in [1.82, 2.24) is 0 Å². The van der Waals surface area contributed by atoms with Gasteiger partial charge in [-0.3, -0.25) is 4.79 Å². The highest BCUT2D eigenvalue weighted by molar-refractivity contribution is 7.20. The van der Waals surface area contributed by atoms with E-state index in [-0.39, 0.29) is 11.9 Å². The summed E-state index contributed by atoms with van der Waals surface area (Å²) in [6.07, 6.45) is 0.924. The van der Waals surface area contributed by atoms with E-state index in [2.05, 4.69) is 5.32 Å². The summed E-state index contributed by atoms with van der Waals surface area (Å²) in [6, 6.07) is 12.6. The Hall–Kier alpha value is -2.90. The van der Waals surface area contributed by atoms with Crippen molar-refractivity contribution in [3.63, 3.8) is 0 Å². The molecule has 1 aromatic heterocycles. The molecule has 1 N–H and O–H groups in total. The third-order valence-corrected chi connectivity index (χ3v) is 5.49. The van der Waals surface area contributed by atoms with E-state index in [9.17, 15) is 9.59 Å². The molecule has 0 bridgehead atoms. The number of carbonyl (C=O) groups is 2. The monoisotopic (exact) mass is 427 g/mol. The first kappa shape index (κ1) is 21.8. The molecule has 0 radical (unpaired) electrons. The van der Waals surface area contributed by atoms with Crippen molar-refractivity contribution in [3.8, 4) is 5.75 Å². The number of ether oxygens (including phenoxy) is 3. The number of hydrogen-bond donors (Lipinski definition) is 1. The summed E-state index contributed by atoms with van der Waals surface area (Å²) in [6.45, 7) is 5.55. The molecule has 7 heteroatoms. The molecule has 0 saturated carbocycles. The highest BCUT2D eigenvalue weighted by Gasteiger charge is 2.13. The second-order valence-corrected chi connectivity index (χ2v) is 7.70. The second kappa shape index (κ2) is 10.2. The maximum absolute atomic E-state index is 12.8. The van der Waals surface area contributed by atoms with Crippen molar-refractivity contribution >= 4 is 39.0 Å². The fraction of sp³-hybridized carbons (Fsp3) is 0.304. The summed E-state index contributed by atoms with van der Waals surface area (Å²) in [7, 11) is 1.36. The molecule has 3 aromatic rings. The normalized spacial score (nSPS) is 10.8. The van der Waals surface area contributed by atoms with Gasteiger partial charge in [0.1, 0.15) is 10.6 Å². The van der Waals surface area contributed by atoms with Gasteiger partial charge in [0.05, 0.1) is 20.3 Å². The SMILES string of the molecule is CCCOCc1cc(C(=O)Nc2ccc3sc(C(=O)OC)cc3c2)ccc1OCC. The molecule has 1 heterocycles. The molecule has 0 aliphatic carbocycles. The quantitative estimate of drug-likeness (QED) is 0.372. The molecular weight excluding hydrogens is 402 g/mol. The fourth-order valence-corrected chi connectivity index (χ4v) is 3.94. The molecule has 158 valence electrons. The molecule has 3 rings (SSSR count). The fourth-order valence-electron chi connectivity index (χ4n) is 2.98. The van der Waals surface area contributed by atoms with E-state index in [1.165, 1.54) is 18.4 Å². The van der Waals surface area contributed by atoms with Crippen molar-refractivity contribution in [3.05, 3.63) is 58.5 Å². The number of thiophene rings is 1. The minimum absolute atomic E-state index is 0.224. The summed E-state index contributed by atoms with van der Waals surface area (Å²) in [4.78, 5) is 25.1. The maximum Gasteiger partial charge on any atom is 0.348 e. The van der Waals surface area contributed by atoms with E-state index >= 15 is 0 Å². The van der Waals surface area contributed by atoms with Crippen molar-refractivity contribution in [1.29, 1.82) is 0 Å². The first-order valence-electron chi connectivity index (χ1n) is 9.82. The molecule has 6 nitrogen and oxygen atoms in total. The minimum Gasteiger partial charge on any atom is -0.494 e. The number of amides is 1. The number of rotatable bonds is 9. The van der Waals surface area contributed by atoms with Crippen LogP contribution in [0.5, 0.6) is 5.75 Å². The minimum atomic E-state index is -0.367. The van der Waals surface area contributed by atoms with Gasteiger partial charge in [0.15, 0.2) is 0 Å². The van der Waals surface area contributed by atoms with Crippen LogP contribution in [0.15, 0.2) is 42.5 Å². The number of carbonyl (C=O) groups excluding carboxylic acids is 2. The zero-order valence-electron chi connectivity index (χ0n) is 17.3. The topological polar surface area (TPSA) is 73.9 Å². The summed E-state index contributed by atoms with van der Waals surface area (Å²) < 4.78 is 17.0. The molecule has 0 fully saturated rings. The standard InChI is InChI=1S/C23H25NO5S/c1-4-10-28-14-17-11-15(6-8-19(17)29-5-2)22(25)24-18-7-9-20-16(12-18)13-21(30-20)23(26)27-3/h6-9,11-13H,4-5,10,14H2,1-3H3,(H,24,25). The van der Waals surface area contributed by atoms with E-state index in [1.807, 2.05) is 32.0 Å². The number of esters is 1. The Morgan fingerprint density at radius 2 is 1.90 bits per heavy atom. The average molecular weight is 428 g/mol. The molecule has 0 aliphatic rings. The van der Waals surface area contributed by atoms with E-state index in [0.29, 0.717) is 35.9 Å². The predicted octanol–water partition coefficient (Wildman–Crippen LogP) is 5.27. The van der Waals surface area contributed by atoms with Gasteiger partial charge < -0.3 is 19.5 Å². The summed E-state index contributed by atoms with van der Waals surface area (Å²) in [5.74, 6) is 0.131. The Labute approximate surface area is 179 Å². The van der Waals surface area contributed by atoms with Gasteiger partial charge in [-0.1, -0.05) is 6.92 Å². The lowest BCUT2D eigenvalue weighted by atomic mass is 10.1. The van der Waals surface area contributed by atoms with Crippen LogP contribution in [0, 0.1) is 0 Å². The molecule has 0 unspecified atom stereocenters. The lowest BCUT2D eigenvalue weighted by molar-refractivity contribution is 0.0606. The Morgan fingerprint density at radius 3 is 2.63 bits per heavy atom. The highest BCUT2D eigenvalue weighted by atomic mass is 32.1. The summed E-state index contributed by atoms with van der Waals surface area (Å²) >= 11 is 1.36. The van der Waals surface area contributed by atoms with Crippen LogP contribution in [-0.2, 0) is 16.1 Å². The van der Waals surface area contributed by atoms with Crippen molar-refractivity contribution in [2.24, 2.45) is 0 Å². The first-order chi connectivity index (χ1) is 14.5. The third-order valence-electron chi connectivity index (χ3n) is 4.39. The largest absolute Gasteiger partial charge is 0.494 e. The lowest BCUT2D eigenvalue weighted by Gasteiger charge is -2.13. The van der Waals surface area contributed by atoms with Crippen LogP contribution in [0.3, 0.4) is 0 Å². The van der Waals surface area contributed by atoms with Crippen molar-refractivity contribution in [2.75, 3.05) is 25.6 Å². The van der Waals surface area contributed by atoms with E-state index < -0.39 is 0 Å². The Morgan fingerprint density at radius 1 is 1.07 bits per heavy atom. The zero-order valence-corrected chi connectivity index (χ0v) is 18.1. The van der Waals surface area contributed by atoms with E-state index in [1.54, 1.807) is 24.3 Å². The number of fused-ring (bicyclic) bond motifs is 1. The van der Waals surface area contributed by atoms with Crippen molar-refractivity contribution in [2.45, 2.75) is 26.9 Å². The Kier molecular flexibility index (Phi) is 7.43. The van der Waals surface area contributed by atoms with Gasteiger partial charge in [-0.05, 0) is 61.2 Å². The van der Waals surface area contributed by atoms with Crippen LogP contribution in [0.25, 0.3) is 10.1 Å².